The van der Waals surface area contributed by atoms with Crippen LogP contribution in [0.15, 0.2) is 30.3 Å². The number of rotatable bonds is 4. The third-order valence-electron chi connectivity index (χ3n) is 3.87. The zero-order valence-electron chi connectivity index (χ0n) is 11.6. The van der Waals surface area contributed by atoms with Gasteiger partial charge in [0.25, 0.3) is 0 Å². The summed E-state index contributed by atoms with van der Waals surface area (Å²) < 4.78 is 5.99. The summed E-state index contributed by atoms with van der Waals surface area (Å²) in [5.74, 6) is 0.228. The van der Waals surface area contributed by atoms with Crippen LogP contribution in [0.3, 0.4) is 0 Å². The maximum atomic E-state index is 10.3. The van der Waals surface area contributed by atoms with Crippen molar-refractivity contribution in [2.75, 3.05) is 0 Å². The number of hydrogen-bond donors (Lipinski definition) is 1. The van der Waals surface area contributed by atoms with Gasteiger partial charge in [-0.25, -0.2) is 0 Å². The Morgan fingerprint density at radius 3 is 2.56 bits per heavy atom. The van der Waals surface area contributed by atoms with Crippen molar-refractivity contribution in [2.45, 2.75) is 57.8 Å². The molecule has 1 N–H and O–H groups in total. The molecule has 0 aliphatic carbocycles. The van der Waals surface area contributed by atoms with Gasteiger partial charge in [0.05, 0.1) is 17.8 Å². The summed E-state index contributed by atoms with van der Waals surface area (Å²) in [6.45, 7) is 6.39. The van der Waals surface area contributed by atoms with Gasteiger partial charge in [0.15, 0.2) is 0 Å². The Balaban J connectivity index is 1.90. The monoisotopic (exact) mass is 248 g/mol. The molecule has 2 nitrogen and oxygen atoms in total. The standard InChI is InChI=1S/C16H24O2/c1-12(11-14-9-10-16(2,3)18-14)15(17)13-7-5-4-6-8-13/h4-8,12,14-15,17H,9-11H2,1-3H3. The molecule has 1 heterocycles. The summed E-state index contributed by atoms with van der Waals surface area (Å²) in [5.41, 5.74) is 1.02. The Morgan fingerprint density at radius 1 is 1.33 bits per heavy atom. The van der Waals surface area contributed by atoms with Crippen LogP contribution in [-0.2, 0) is 4.74 Å². The van der Waals surface area contributed by atoms with E-state index < -0.39 is 6.10 Å². The van der Waals surface area contributed by atoms with Crippen LogP contribution in [-0.4, -0.2) is 16.8 Å². The summed E-state index contributed by atoms with van der Waals surface area (Å²) in [6.07, 6.45) is 3.07. The van der Waals surface area contributed by atoms with Gasteiger partial charge in [-0.2, -0.15) is 0 Å². The Morgan fingerprint density at radius 2 is 2.00 bits per heavy atom. The summed E-state index contributed by atoms with van der Waals surface area (Å²) in [6, 6.07) is 9.89. The first kappa shape index (κ1) is 13.6. The molecule has 100 valence electrons. The number of aliphatic hydroxyl groups is 1. The van der Waals surface area contributed by atoms with E-state index in [2.05, 4.69) is 20.8 Å². The lowest BCUT2D eigenvalue weighted by atomic mass is 9.91. The van der Waals surface area contributed by atoms with Crippen LogP contribution in [0.5, 0.6) is 0 Å². The highest BCUT2D eigenvalue weighted by Gasteiger charge is 2.33. The van der Waals surface area contributed by atoms with Crippen molar-refractivity contribution in [1.29, 1.82) is 0 Å². The molecule has 1 aromatic carbocycles. The van der Waals surface area contributed by atoms with Gasteiger partial charge in [-0.05, 0) is 44.6 Å². The highest BCUT2D eigenvalue weighted by atomic mass is 16.5. The Kier molecular flexibility index (Phi) is 4.08. The van der Waals surface area contributed by atoms with Crippen LogP contribution in [0.25, 0.3) is 0 Å². The largest absolute Gasteiger partial charge is 0.388 e. The quantitative estimate of drug-likeness (QED) is 0.880. The van der Waals surface area contributed by atoms with Gasteiger partial charge in [-0.15, -0.1) is 0 Å². The lowest BCUT2D eigenvalue weighted by Gasteiger charge is -2.24. The second kappa shape index (κ2) is 5.41. The normalized spacial score (nSPS) is 25.9. The van der Waals surface area contributed by atoms with Crippen molar-refractivity contribution >= 4 is 0 Å². The minimum atomic E-state index is -0.390. The van der Waals surface area contributed by atoms with E-state index in [0.717, 1.165) is 24.8 Å². The molecular formula is C16H24O2. The van der Waals surface area contributed by atoms with Crippen LogP contribution in [0.1, 0.15) is 51.7 Å². The molecule has 1 saturated heterocycles. The van der Waals surface area contributed by atoms with E-state index in [-0.39, 0.29) is 11.5 Å². The SMILES string of the molecule is CC(CC1CCC(C)(C)O1)C(O)c1ccccc1. The molecule has 1 aromatic rings. The number of aliphatic hydroxyl groups excluding tert-OH is 1. The van der Waals surface area contributed by atoms with Crippen molar-refractivity contribution < 1.29 is 9.84 Å². The average Bonchev–Trinajstić information content (AvgIpc) is 2.68. The molecule has 1 fully saturated rings. The Bertz CT molecular complexity index is 372. The zero-order valence-corrected chi connectivity index (χ0v) is 11.6. The molecule has 1 aliphatic heterocycles. The first-order valence-electron chi connectivity index (χ1n) is 6.89. The lowest BCUT2D eigenvalue weighted by molar-refractivity contribution is -0.0332. The molecule has 0 amide bonds. The van der Waals surface area contributed by atoms with Gasteiger partial charge in [-0.1, -0.05) is 37.3 Å². The highest BCUT2D eigenvalue weighted by Crippen LogP contribution is 2.35. The van der Waals surface area contributed by atoms with Crippen LogP contribution >= 0.6 is 0 Å². The van der Waals surface area contributed by atoms with Crippen LogP contribution in [0, 0.1) is 5.92 Å². The molecule has 3 unspecified atom stereocenters. The van der Waals surface area contributed by atoms with Gasteiger partial charge in [0.1, 0.15) is 0 Å². The molecular weight excluding hydrogens is 224 g/mol. The van der Waals surface area contributed by atoms with E-state index >= 15 is 0 Å². The third kappa shape index (κ3) is 3.33. The molecule has 0 aromatic heterocycles. The predicted molar refractivity (Wildman–Crippen MR) is 73.4 cm³/mol. The first-order chi connectivity index (χ1) is 8.48. The summed E-state index contributed by atoms with van der Waals surface area (Å²) >= 11 is 0. The first-order valence-corrected chi connectivity index (χ1v) is 6.89. The summed E-state index contributed by atoms with van der Waals surface area (Å²) in [7, 11) is 0. The molecule has 0 bridgehead atoms. The highest BCUT2D eigenvalue weighted by molar-refractivity contribution is 5.17. The Hall–Kier alpha value is -0.860. The number of benzene rings is 1. The second-order valence-corrected chi connectivity index (χ2v) is 6.11. The zero-order chi connectivity index (χ0) is 13.2. The van der Waals surface area contributed by atoms with Gasteiger partial charge >= 0.3 is 0 Å². The van der Waals surface area contributed by atoms with E-state index in [1.54, 1.807) is 0 Å². The van der Waals surface area contributed by atoms with Crippen molar-refractivity contribution in [2.24, 2.45) is 5.92 Å². The van der Waals surface area contributed by atoms with Gasteiger partial charge in [0, 0.05) is 0 Å². The van der Waals surface area contributed by atoms with Gasteiger partial charge in [0.2, 0.25) is 0 Å². The fraction of sp³-hybridized carbons (Fsp3) is 0.625. The maximum absolute atomic E-state index is 10.3. The molecule has 0 radical (unpaired) electrons. The molecule has 18 heavy (non-hydrogen) atoms. The fourth-order valence-corrected chi connectivity index (χ4v) is 2.77. The molecule has 0 spiro atoms. The summed E-state index contributed by atoms with van der Waals surface area (Å²) in [4.78, 5) is 0. The van der Waals surface area contributed by atoms with Crippen molar-refractivity contribution in [3.8, 4) is 0 Å². The predicted octanol–water partition coefficient (Wildman–Crippen LogP) is 3.70. The van der Waals surface area contributed by atoms with Crippen molar-refractivity contribution in [1.82, 2.24) is 0 Å². The third-order valence-corrected chi connectivity index (χ3v) is 3.87. The Labute approximate surface area is 110 Å². The van der Waals surface area contributed by atoms with Gasteiger partial charge in [-0.3, -0.25) is 0 Å². The van der Waals surface area contributed by atoms with Crippen LogP contribution in [0.2, 0.25) is 0 Å². The topological polar surface area (TPSA) is 29.5 Å². The smallest absolute Gasteiger partial charge is 0.0816 e. The summed E-state index contributed by atoms with van der Waals surface area (Å²) in [5, 5.41) is 10.3. The molecule has 3 atom stereocenters. The molecule has 2 heteroatoms. The van der Waals surface area contributed by atoms with E-state index in [1.807, 2.05) is 30.3 Å². The van der Waals surface area contributed by atoms with Crippen molar-refractivity contribution in [3.05, 3.63) is 35.9 Å². The maximum Gasteiger partial charge on any atom is 0.0816 e. The van der Waals surface area contributed by atoms with Crippen molar-refractivity contribution in [3.63, 3.8) is 0 Å². The number of ether oxygens (including phenoxy) is 1. The minimum absolute atomic E-state index is 0.0160. The van der Waals surface area contributed by atoms with Crippen LogP contribution < -0.4 is 0 Å². The minimum Gasteiger partial charge on any atom is -0.388 e. The molecule has 2 rings (SSSR count). The van der Waals surface area contributed by atoms with E-state index in [0.29, 0.717) is 6.10 Å². The van der Waals surface area contributed by atoms with E-state index in [1.165, 1.54) is 0 Å². The number of hydrogen-bond acceptors (Lipinski definition) is 2. The van der Waals surface area contributed by atoms with E-state index in [9.17, 15) is 5.11 Å². The lowest BCUT2D eigenvalue weighted by Crippen LogP contribution is -2.22. The second-order valence-electron chi connectivity index (χ2n) is 6.11. The van der Waals surface area contributed by atoms with Gasteiger partial charge < -0.3 is 9.84 Å². The fourth-order valence-electron chi connectivity index (χ4n) is 2.77. The van der Waals surface area contributed by atoms with Crippen LogP contribution in [0.4, 0.5) is 0 Å². The average molecular weight is 248 g/mol. The molecule has 0 saturated carbocycles. The van der Waals surface area contributed by atoms with E-state index in [4.69, 9.17) is 4.74 Å². The molecule has 1 aliphatic rings.